The third-order valence-electron chi connectivity index (χ3n) is 4.90. The number of hydrogen-bond acceptors (Lipinski definition) is 8. The maximum absolute atomic E-state index is 12.3. The Morgan fingerprint density at radius 1 is 1.03 bits per heavy atom. The van der Waals surface area contributed by atoms with E-state index < -0.39 is 0 Å². The molecule has 1 amide bonds. The van der Waals surface area contributed by atoms with Crippen molar-refractivity contribution < 1.29 is 19.0 Å². The number of nitrogens with zero attached hydrogens (tertiary/aromatic N) is 5. The molecule has 1 N–H and O–H groups in total. The summed E-state index contributed by atoms with van der Waals surface area (Å²) in [5, 5.41) is 12.3. The molecule has 0 unspecified atom stereocenters. The lowest BCUT2D eigenvalue weighted by atomic mass is 10.2. The molecule has 11 heteroatoms. The van der Waals surface area contributed by atoms with Crippen molar-refractivity contribution in [1.82, 2.24) is 29.5 Å². The summed E-state index contributed by atoms with van der Waals surface area (Å²) < 4.78 is 19.6. The lowest BCUT2D eigenvalue weighted by Gasteiger charge is -2.10. The van der Waals surface area contributed by atoms with Crippen LogP contribution in [-0.4, -0.2) is 50.9 Å². The molecule has 1 aromatic carbocycles. The van der Waals surface area contributed by atoms with Crippen molar-refractivity contribution in [2.75, 3.05) is 20.8 Å². The molecule has 0 radical (unpaired) electrons. The minimum absolute atomic E-state index is 0.139. The minimum Gasteiger partial charge on any atom is -0.495 e. The van der Waals surface area contributed by atoms with Crippen LogP contribution >= 0.6 is 11.3 Å². The molecule has 33 heavy (non-hydrogen) atoms. The molecule has 0 bridgehead atoms. The van der Waals surface area contributed by atoms with E-state index in [1.54, 1.807) is 41.7 Å². The van der Waals surface area contributed by atoms with Gasteiger partial charge >= 0.3 is 0 Å². The third kappa shape index (κ3) is 4.30. The zero-order valence-corrected chi connectivity index (χ0v) is 18.7. The predicted molar refractivity (Wildman–Crippen MR) is 122 cm³/mol. The van der Waals surface area contributed by atoms with E-state index >= 15 is 0 Å². The van der Waals surface area contributed by atoms with Crippen LogP contribution in [0.3, 0.4) is 0 Å². The number of carbonyl (C=O) groups is 1. The molecule has 0 spiro atoms. The van der Waals surface area contributed by atoms with E-state index in [2.05, 4.69) is 20.5 Å². The fourth-order valence-corrected chi connectivity index (χ4v) is 3.97. The van der Waals surface area contributed by atoms with Crippen LogP contribution in [0.25, 0.3) is 21.9 Å². The van der Waals surface area contributed by atoms with Crippen LogP contribution in [0, 0.1) is 0 Å². The van der Waals surface area contributed by atoms with Gasteiger partial charge in [-0.05, 0) is 23.0 Å². The summed E-state index contributed by atoms with van der Waals surface area (Å²) in [7, 11) is 3.13. The number of rotatable bonds is 8. The fraction of sp³-hybridized carbons (Fsp3) is 0.182. The molecular weight excluding hydrogens is 444 g/mol. The van der Waals surface area contributed by atoms with Crippen molar-refractivity contribution in [3.63, 3.8) is 0 Å². The lowest BCUT2D eigenvalue weighted by molar-refractivity contribution is -0.123. The first-order chi connectivity index (χ1) is 16.1. The van der Waals surface area contributed by atoms with Crippen molar-refractivity contribution >= 4 is 27.7 Å². The number of nitrogens with one attached hydrogen (secondary N) is 1. The molecule has 0 atom stereocenters. The average molecular weight is 465 g/mol. The number of imidazole rings is 1. The van der Waals surface area contributed by atoms with E-state index in [0.29, 0.717) is 45.1 Å². The highest BCUT2D eigenvalue weighted by atomic mass is 32.1. The summed E-state index contributed by atoms with van der Waals surface area (Å²) in [5.41, 5.74) is 3.00. The van der Waals surface area contributed by atoms with Gasteiger partial charge in [0.05, 0.1) is 26.6 Å². The topological polar surface area (TPSA) is 104 Å². The Morgan fingerprint density at radius 3 is 2.64 bits per heavy atom. The highest BCUT2D eigenvalue weighted by Crippen LogP contribution is 2.30. The maximum atomic E-state index is 12.3. The van der Waals surface area contributed by atoms with E-state index in [4.69, 9.17) is 14.2 Å². The van der Waals surface area contributed by atoms with Gasteiger partial charge < -0.3 is 19.5 Å². The Hall–Kier alpha value is -4.12. The molecule has 0 fully saturated rings. The molecule has 4 aromatic heterocycles. The highest BCUT2D eigenvalue weighted by Gasteiger charge is 2.16. The number of benzene rings is 1. The van der Waals surface area contributed by atoms with Crippen LogP contribution in [0.5, 0.6) is 16.7 Å². The van der Waals surface area contributed by atoms with Gasteiger partial charge in [-0.15, -0.1) is 5.10 Å². The van der Waals surface area contributed by atoms with Crippen LogP contribution in [0.2, 0.25) is 0 Å². The molecule has 4 heterocycles. The monoisotopic (exact) mass is 464 g/mol. The normalized spacial score (nSPS) is 11.1. The van der Waals surface area contributed by atoms with Crippen LogP contribution in [0.15, 0.2) is 54.9 Å². The summed E-state index contributed by atoms with van der Waals surface area (Å²) in [4.78, 5) is 17.6. The van der Waals surface area contributed by atoms with Crippen LogP contribution in [0.4, 0.5) is 0 Å². The average Bonchev–Trinajstić information content (AvgIpc) is 3.54. The molecule has 168 valence electrons. The molecule has 5 aromatic rings. The van der Waals surface area contributed by atoms with E-state index in [1.807, 2.05) is 36.4 Å². The molecule has 10 nitrogen and oxygen atoms in total. The molecule has 0 saturated carbocycles. The Morgan fingerprint density at radius 2 is 1.88 bits per heavy atom. The summed E-state index contributed by atoms with van der Waals surface area (Å²) in [6.07, 6.45) is 3.52. The summed E-state index contributed by atoms with van der Waals surface area (Å²) in [5.74, 6) is 0.798. The van der Waals surface area contributed by atoms with Gasteiger partial charge in [0.2, 0.25) is 4.96 Å². The Balaban J connectivity index is 1.36. The van der Waals surface area contributed by atoms with Crippen molar-refractivity contribution in [1.29, 1.82) is 0 Å². The quantitative estimate of drug-likeness (QED) is 0.377. The highest BCUT2D eigenvalue weighted by molar-refractivity contribution is 7.18. The Kier molecular flexibility index (Phi) is 5.53. The van der Waals surface area contributed by atoms with Gasteiger partial charge in [0, 0.05) is 12.6 Å². The van der Waals surface area contributed by atoms with Gasteiger partial charge in [-0.1, -0.05) is 30.3 Å². The van der Waals surface area contributed by atoms with Crippen molar-refractivity contribution in [3.05, 3.63) is 60.4 Å². The number of pyridine rings is 1. The van der Waals surface area contributed by atoms with E-state index in [9.17, 15) is 4.79 Å². The number of fused-ring (bicyclic) bond motifs is 2. The van der Waals surface area contributed by atoms with Gasteiger partial charge in [-0.3, -0.25) is 4.79 Å². The second kappa shape index (κ2) is 8.79. The lowest BCUT2D eigenvalue weighted by Crippen LogP contribution is -2.28. The number of aromatic nitrogens is 5. The van der Waals surface area contributed by atoms with Gasteiger partial charge in [-0.2, -0.15) is 5.10 Å². The molecule has 0 aliphatic heterocycles. The second-order valence-electron chi connectivity index (χ2n) is 7.08. The molecule has 0 saturated heterocycles. The first kappa shape index (κ1) is 20.8. The second-order valence-corrected chi connectivity index (χ2v) is 8.00. The smallest absolute Gasteiger partial charge is 0.294 e. The van der Waals surface area contributed by atoms with E-state index in [-0.39, 0.29) is 12.5 Å². The van der Waals surface area contributed by atoms with E-state index in [0.717, 1.165) is 5.56 Å². The zero-order chi connectivity index (χ0) is 22.8. The number of ether oxygens (including phenoxy) is 3. The van der Waals surface area contributed by atoms with Crippen molar-refractivity contribution in [2.24, 2.45) is 0 Å². The Bertz CT molecular complexity index is 1390. The summed E-state index contributed by atoms with van der Waals surface area (Å²) >= 11 is 1.34. The largest absolute Gasteiger partial charge is 0.495 e. The first-order valence-electron chi connectivity index (χ1n) is 10.0. The van der Waals surface area contributed by atoms with Gasteiger partial charge in [0.25, 0.3) is 11.1 Å². The van der Waals surface area contributed by atoms with Crippen molar-refractivity contribution in [2.45, 2.75) is 6.54 Å². The van der Waals surface area contributed by atoms with Gasteiger partial charge in [-0.25, -0.2) is 14.0 Å². The third-order valence-corrected chi connectivity index (χ3v) is 5.78. The Labute approximate surface area is 192 Å². The SMILES string of the molecule is COc1cc(OCC(=O)NCc2ccccc2)c2cc(-c3cn4nc(OC)sc4n3)nn2c1. The number of amides is 1. The fourth-order valence-electron chi connectivity index (χ4n) is 3.27. The molecule has 5 rings (SSSR count). The van der Waals surface area contributed by atoms with Gasteiger partial charge in [0.1, 0.15) is 28.4 Å². The number of carbonyl (C=O) groups excluding carboxylic acids is 1. The predicted octanol–water partition coefficient (Wildman–Crippen LogP) is 2.82. The molecular formula is C22H20N6O4S. The molecule has 0 aliphatic rings. The maximum Gasteiger partial charge on any atom is 0.294 e. The number of methoxy groups -OCH3 is 2. The van der Waals surface area contributed by atoms with E-state index in [1.165, 1.54) is 11.3 Å². The van der Waals surface area contributed by atoms with Gasteiger partial charge in [0.15, 0.2) is 6.61 Å². The van der Waals surface area contributed by atoms with Crippen LogP contribution < -0.4 is 19.5 Å². The first-order valence-corrected chi connectivity index (χ1v) is 10.9. The standard InChI is InChI=1S/C22H20N6O4S/c1-30-15-8-19(32-13-20(29)23-10-14-6-4-3-5-7-14)18-9-16(25-27(18)11-15)17-12-28-21(24-17)33-22(26-28)31-2/h3-9,11-12H,10,13H2,1-2H3,(H,23,29). The number of hydrogen-bond donors (Lipinski definition) is 1. The van der Waals surface area contributed by atoms with Crippen LogP contribution in [0.1, 0.15) is 5.56 Å². The molecule has 0 aliphatic carbocycles. The van der Waals surface area contributed by atoms with Crippen molar-refractivity contribution in [3.8, 4) is 28.1 Å². The minimum atomic E-state index is -0.228. The zero-order valence-electron chi connectivity index (χ0n) is 17.9. The summed E-state index contributed by atoms with van der Waals surface area (Å²) in [6.45, 7) is 0.295. The van der Waals surface area contributed by atoms with Crippen LogP contribution in [-0.2, 0) is 11.3 Å². The summed E-state index contributed by atoms with van der Waals surface area (Å²) in [6, 6.07) is 13.3.